The summed E-state index contributed by atoms with van der Waals surface area (Å²) >= 11 is 0. The van der Waals surface area contributed by atoms with Crippen LogP contribution in [0.2, 0.25) is 0 Å². The average Bonchev–Trinajstić information content (AvgIpc) is 2.04. The van der Waals surface area contributed by atoms with Gasteiger partial charge in [0.15, 0.2) is 0 Å². The van der Waals surface area contributed by atoms with Gasteiger partial charge in [-0.15, -0.1) is 0 Å². The highest BCUT2D eigenvalue weighted by atomic mass is 16.6. The molecule has 0 radical (unpaired) electrons. The number of ether oxygens (including phenoxy) is 2. The minimum atomic E-state index is -0.492. The Bertz CT molecular complexity index is 130. The topological polar surface area (TPSA) is 64.6 Å². The number of amides is 1. The maximum absolute atomic E-state index is 10.5. The summed E-state index contributed by atoms with van der Waals surface area (Å²) < 4.78 is 8.92. The van der Waals surface area contributed by atoms with Crippen LogP contribution in [-0.4, -0.2) is 39.2 Å². The van der Waals surface area contributed by atoms with Crippen LogP contribution in [0.25, 0.3) is 0 Å². The van der Waals surface area contributed by atoms with Crippen molar-refractivity contribution in [3.8, 4) is 0 Å². The largest absolute Gasteiger partial charge is 0.467 e. The molecule has 0 aliphatic rings. The third-order valence-electron chi connectivity index (χ3n) is 0.960. The molecular formula is C6H11NO4. The van der Waals surface area contributed by atoms with Gasteiger partial charge in [0.1, 0.15) is 13.2 Å². The van der Waals surface area contributed by atoms with Crippen LogP contribution in [0, 0.1) is 0 Å². The van der Waals surface area contributed by atoms with E-state index in [1.165, 1.54) is 14.2 Å². The molecular weight excluding hydrogens is 150 g/mol. The maximum Gasteiger partial charge on any atom is 0.331 e. The molecule has 0 atom stereocenters. The first-order chi connectivity index (χ1) is 5.20. The highest BCUT2D eigenvalue weighted by molar-refractivity contribution is 5.77. The van der Waals surface area contributed by atoms with Gasteiger partial charge in [0.2, 0.25) is 5.91 Å². The van der Waals surface area contributed by atoms with E-state index < -0.39 is 5.97 Å². The first-order valence-electron chi connectivity index (χ1n) is 3.06. The number of likely N-dealkylation sites (N-methyl/N-ethyl adjacent to an activating group) is 1. The molecule has 0 saturated heterocycles. The zero-order chi connectivity index (χ0) is 8.69. The zero-order valence-electron chi connectivity index (χ0n) is 6.55. The lowest BCUT2D eigenvalue weighted by Crippen LogP contribution is -2.25. The first-order valence-corrected chi connectivity index (χ1v) is 3.06. The second kappa shape index (κ2) is 5.67. The Morgan fingerprint density at radius 1 is 1.36 bits per heavy atom. The molecule has 0 heterocycles. The van der Waals surface area contributed by atoms with Crippen LogP contribution in [0.3, 0.4) is 0 Å². The Balaban J connectivity index is 3.27. The summed E-state index contributed by atoms with van der Waals surface area (Å²) in [4.78, 5) is 20.9. The fourth-order valence-corrected chi connectivity index (χ4v) is 0.358. The Kier molecular flexibility index (Phi) is 5.10. The van der Waals surface area contributed by atoms with Crippen molar-refractivity contribution in [2.24, 2.45) is 0 Å². The van der Waals surface area contributed by atoms with Crippen molar-refractivity contribution in [1.82, 2.24) is 5.32 Å². The van der Waals surface area contributed by atoms with Crippen LogP contribution in [0.4, 0.5) is 0 Å². The predicted octanol–water partition coefficient (Wildman–Crippen LogP) is -1.08. The van der Waals surface area contributed by atoms with Crippen LogP contribution in [0.15, 0.2) is 0 Å². The Hall–Kier alpha value is -1.10. The van der Waals surface area contributed by atoms with E-state index in [9.17, 15) is 9.59 Å². The van der Waals surface area contributed by atoms with E-state index in [4.69, 9.17) is 0 Å². The summed E-state index contributed by atoms with van der Waals surface area (Å²) in [5.74, 6) is -0.761. The molecule has 0 rings (SSSR count). The summed E-state index contributed by atoms with van der Waals surface area (Å²) in [5.41, 5.74) is 0. The highest BCUT2D eigenvalue weighted by Crippen LogP contribution is 1.77. The third-order valence-corrected chi connectivity index (χ3v) is 0.960. The fourth-order valence-electron chi connectivity index (χ4n) is 0.358. The second-order valence-electron chi connectivity index (χ2n) is 1.74. The zero-order valence-corrected chi connectivity index (χ0v) is 6.55. The lowest BCUT2D eigenvalue weighted by atomic mass is 10.6. The Labute approximate surface area is 64.7 Å². The molecule has 0 aromatic rings. The number of carbonyl (C=O) groups is 2. The quantitative estimate of drug-likeness (QED) is 0.533. The molecule has 1 N–H and O–H groups in total. The molecule has 64 valence electrons. The van der Waals surface area contributed by atoms with Gasteiger partial charge in [-0.25, -0.2) is 4.79 Å². The van der Waals surface area contributed by atoms with Gasteiger partial charge < -0.3 is 14.8 Å². The van der Waals surface area contributed by atoms with Gasteiger partial charge in [-0.2, -0.15) is 0 Å². The van der Waals surface area contributed by atoms with Crippen LogP contribution >= 0.6 is 0 Å². The van der Waals surface area contributed by atoms with Gasteiger partial charge in [0.25, 0.3) is 0 Å². The van der Waals surface area contributed by atoms with Crippen LogP contribution in [-0.2, 0) is 19.1 Å². The minimum absolute atomic E-state index is 0.119. The molecule has 0 aromatic heterocycles. The number of nitrogens with one attached hydrogen (secondary N) is 1. The monoisotopic (exact) mass is 161 g/mol. The first kappa shape index (κ1) is 9.90. The van der Waals surface area contributed by atoms with Crippen LogP contribution in [0.1, 0.15) is 0 Å². The molecule has 0 aliphatic carbocycles. The molecule has 0 aromatic carbocycles. The van der Waals surface area contributed by atoms with E-state index in [2.05, 4.69) is 14.8 Å². The number of methoxy groups -OCH3 is 1. The van der Waals surface area contributed by atoms with E-state index >= 15 is 0 Å². The number of esters is 1. The van der Waals surface area contributed by atoms with Crippen molar-refractivity contribution in [3.05, 3.63) is 0 Å². The smallest absolute Gasteiger partial charge is 0.331 e. The van der Waals surface area contributed by atoms with E-state index in [1.54, 1.807) is 0 Å². The predicted molar refractivity (Wildman–Crippen MR) is 36.9 cm³/mol. The molecule has 0 saturated carbocycles. The molecule has 0 bridgehead atoms. The van der Waals surface area contributed by atoms with Crippen molar-refractivity contribution < 1.29 is 19.1 Å². The maximum atomic E-state index is 10.5. The standard InChI is InChI=1S/C6H11NO4/c1-7-5(8)3-11-4-6(9)10-2/h3-4H2,1-2H3,(H,7,8). The number of hydrogen-bond donors (Lipinski definition) is 1. The number of rotatable bonds is 4. The number of carbonyl (C=O) groups excluding carboxylic acids is 2. The molecule has 5 nitrogen and oxygen atoms in total. The van der Waals surface area contributed by atoms with Gasteiger partial charge in [-0.1, -0.05) is 0 Å². The lowest BCUT2D eigenvalue weighted by molar-refractivity contribution is -0.146. The van der Waals surface area contributed by atoms with E-state index in [0.29, 0.717) is 0 Å². The molecule has 0 fully saturated rings. The van der Waals surface area contributed by atoms with E-state index in [0.717, 1.165) is 0 Å². The molecule has 1 amide bonds. The summed E-state index contributed by atoms with van der Waals surface area (Å²) in [7, 11) is 2.75. The van der Waals surface area contributed by atoms with E-state index in [-0.39, 0.29) is 19.1 Å². The van der Waals surface area contributed by atoms with Gasteiger partial charge >= 0.3 is 5.97 Å². The summed E-state index contributed by atoms with van der Waals surface area (Å²) in [6, 6.07) is 0. The fraction of sp³-hybridized carbons (Fsp3) is 0.667. The van der Waals surface area contributed by atoms with Crippen molar-refractivity contribution in [2.75, 3.05) is 27.4 Å². The van der Waals surface area contributed by atoms with Crippen LogP contribution < -0.4 is 5.32 Å². The van der Waals surface area contributed by atoms with Gasteiger partial charge in [-0.3, -0.25) is 4.79 Å². The van der Waals surface area contributed by atoms with Gasteiger partial charge in [0, 0.05) is 7.05 Å². The van der Waals surface area contributed by atoms with Crippen molar-refractivity contribution in [2.45, 2.75) is 0 Å². The lowest BCUT2D eigenvalue weighted by Gasteiger charge is -2.00. The average molecular weight is 161 g/mol. The minimum Gasteiger partial charge on any atom is -0.467 e. The Morgan fingerprint density at radius 3 is 2.45 bits per heavy atom. The molecule has 0 aliphatic heterocycles. The molecule has 11 heavy (non-hydrogen) atoms. The summed E-state index contributed by atoms with van der Waals surface area (Å²) in [6.07, 6.45) is 0. The summed E-state index contributed by atoms with van der Waals surface area (Å²) in [5, 5.41) is 2.34. The second-order valence-corrected chi connectivity index (χ2v) is 1.74. The normalized spacial score (nSPS) is 8.91. The summed E-state index contributed by atoms with van der Waals surface area (Å²) in [6.45, 7) is -0.310. The van der Waals surface area contributed by atoms with Gasteiger partial charge in [0.05, 0.1) is 7.11 Å². The van der Waals surface area contributed by atoms with Crippen molar-refractivity contribution in [3.63, 3.8) is 0 Å². The van der Waals surface area contributed by atoms with Crippen molar-refractivity contribution in [1.29, 1.82) is 0 Å². The van der Waals surface area contributed by atoms with E-state index in [1.807, 2.05) is 0 Å². The number of hydrogen-bond acceptors (Lipinski definition) is 4. The van der Waals surface area contributed by atoms with Gasteiger partial charge in [-0.05, 0) is 0 Å². The van der Waals surface area contributed by atoms with Crippen molar-refractivity contribution >= 4 is 11.9 Å². The Morgan fingerprint density at radius 2 is 2.00 bits per heavy atom. The highest BCUT2D eigenvalue weighted by Gasteiger charge is 2.01. The SMILES string of the molecule is CNC(=O)COCC(=O)OC. The molecule has 5 heteroatoms. The molecule has 0 spiro atoms. The van der Waals surface area contributed by atoms with Crippen LogP contribution in [0.5, 0.6) is 0 Å². The molecule has 0 unspecified atom stereocenters. The third kappa shape index (κ3) is 5.35.